The molecule has 2 aromatic rings. The van der Waals surface area contributed by atoms with Gasteiger partial charge in [0, 0.05) is 23.2 Å². The summed E-state index contributed by atoms with van der Waals surface area (Å²) in [6.07, 6.45) is 1.55. The first-order chi connectivity index (χ1) is 9.11. The van der Waals surface area contributed by atoms with Crippen LogP contribution in [-0.2, 0) is 17.8 Å². The van der Waals surface area contributed by atoms with Crippen molar-refractivity contribution >= 4 is 28.6 Å². The van der Waals surface area contributed by atoms with Crippen molar-refractivity contribution in [2.75, 3.05) is 0 Å². The molecule has 0 bridgehead atoms. The van der Waals surface area contributed by atoms with Crippen LogP contribution in [0.25, 0.3) is 10.6 Å². The molecule has 4 nitrogen and oxygen atoms in total. The van der Waals surface area contributed by atoms with Crippen LogP contribution in [0.2, 0.25) is 0 Å². The fraction of sp³-hybridized carbons (Fsp3) is 0.385. The number of hydrogen-bond donors (Lipinski definition) is 1. The third-order valence-electron chi connectivity index (χ3n) is 2.82. The molecule has 2 aromatic heterocycles. The zero-order chi connectivity index (χ0) is 13.8. The first-order valence-corrected chi connectivity index (χ1v) is 7.80. The molecule has 0 aliphatic heterocycles. The Kier molecular flexibility index (Phi) is 4.55. The zero-order valence-corrected chi connectivity index (χ0v) is 12.2. The number of rotatable bonds is 6. The molecule has 0 aliphatic rings. The molecule has 2 rings (SSSR count). The topological polar surface area (TPSA) is 59.3 Å². The maximum atomic E-state index is 11.8. The molecule has 0 saturated heterocycles. The van der Waals surface area contributed by atoms with E-state index in [9.17, 15) is 9.59 Å². The van der Waals surface area contributed by atoms with E-state index >= 15 is 0 Å². The lowest BCUT2D eigenvalue weighted by atomic mass is 10.3. The van der Waals surface area contributed by atoms with Gasteiger partial charge in [0.2, 0.25) is 0 Å². The van der Waals surface area contributed by atoms with Gasteiger partial charge >= 0.3 is 10.8 Å². The average Bonchev–Trinajstić information content (AvgIpc) is 2.96. The van der Waals surface area contributed by atoms with Crippen LogP contribution < -0.4 is 4.87 Å². The van der Waals surface area contributed by atoms with Gasteiger partial charge < -0.3 is 5.11 Å². The fourth-order valence-electron chi connectivity index (χ4n) is 1.83. The highest BCUT2D eigenvalue weighted by Crippen LogP contribution is 2.28. The van der Waals surface area contributed by atoms with E-state index in [-0.39, 0.29) is 11.3 Å². The molecule has 1 N–H and O–H groups in total. The van der Waals surface area contributed by atoms with E-state index in [1.165, 1.54) is 16.2 Å². The van der Waals surface area contributed by atoms with Crippen LogP contribution in [0.1, 0.15) is 24.6 Å². The minimum absolute atomic E-state index is 0.0214. The first kappa shape index (κ1) is 14.0. The normalized spacial score (nSPS) is 10.8. The Morgan fingerprint density at radius 3 is 2.84 bits per heavy atom. The lowest BCUT2D eigenvalue weighted by Crippen LogP contribution is -2.14. The van der Waals surface area contributed by atoms with Crippen molar-refractivity contribution < 1.29 is 9.90 Å². The second kappa shape index (κ2) is 6.16. The van der Waals surface area contributed by atoms with Crippen molar-refractivity contribution in [3.63, 3.8) is 0 Å². The van der Waals surface area contributed by atoms with E-state index in [1.807, 2.05) is 11.4 Å². The van der Waals surface area contributed by atoms with Gasteiger partial charge in [0.25, 0.3) is 0 Å². The minimum atomic E-state index is -0.825. The average molecular weight is 297 g/mol. The van der Waals surface area contributed by atoms with Crippen molar-refractivity contribution in [2.24, 2.45) is 0 Å². The Labute approximate surface area is 119 Å². The third kappa shape index (κ3) is 3.33. The van der Waals surface area contributed by atoms with Crippen LogP contribution in [0.5, 0.6) is 0 Å². The molecule has 0 fully saturated rings. The molecule has 102 valence electrons. The summed E-state index contributed by atoms with van der Waals surface area (Å²) in [6.45, 7) is 2.56. The van der Waals surface area contributed by atoms with Crippen molar-refractivity contribution in [2.45, 2.75) is 32.7 Å². The fourth-order valence-corrected chi connectivity index (χ4v) is 3.66. The molecule has 0 amide bonds. The van der Waals surface area contributed by atoms with Crippen LogP contribution in [0, 0.1) is 0 Å². The number of carbonyl (C=O) groups is 1. The molecule has 0 aliphatic carbocycles. The first-order valence-electron chi connectivity index (χ1n) is 6.11. The quantitative estimate of drug-likeness (QED) is 0.891. The van der Waals surface area contributed by atoms with Crippen LogP contribution in [0.4, 0.5) is 0 Å². The zero-order valence-electron chi connectivity index (χ0n) is 10.6. The number of aryl methyl sites for hydroxylation is 1. The molecule has 19 heavy (non-hydrogen) atoms. The largest absolute Gasteiger partial charge is 0.481 e. The van der Waals surface area contributed by atoms with E-state index in [0.717, 1.165) is 17.0 Å². The number of nitrogens with zero attached hydrogens (tertiary/aromatic N) is 1. The molecule has 0 aromatic carbocycles. The van der Waals surface area contributed by atoms with Crippen molar-refractivity contribution in [1.29, 1.82) is 0 Å². The summed E-state index contributed by atoms with van der Waals surface area (Å²) in [5, 5.41) is 10.5. The van der Waals surface area contributed by atoms with Crippen molar-refractivity contribution in [1.82, 2.24) is 4.57 Å². The summed E-state index contributed by atoms with van der Waals surface area (Å²) >= 11 is 2.85. The maximum Gasteiger partial charge on any atom is 0.307 e. The number of aliphatic carboxylic acids is 1. The van der Waals surface area contributed by atoms with E-state index in [0.29, 0.717) is 13.0 Å². The molecule has 0 saturated carbocycles. The molecule has 0 unspecified atom stereocenters. The number of thiophene rings is 1. The summed E-state index contributed by atoms with van der Waals surface area (Å²) in [5.74, 6) is -0.825. The number of aromatic nitrogens is 1. The predicted molar refractivity (Wildman–Crippen MR) is 78.1 cm³/mol. The Bertz CT molecular complexity index is 624. The second-order valence-corrected chi connectivity index (χ2v) is 6.14. The van der Waals surface area contributed by atoms with Gasteiger partial charge in [0.15, 0.2) is 0 Å². The number of hydrogen-bond acceptors (Lipinski definition) is 4. The molecule has 0 atom stereocenters. The highest BCUT2D eigenvalue weighted by atomic mass is 32.1. The molecule has 6 heteroatoms. The van der Waals surface area contributed by atoms with Gasteiger partial charge in [-0.15, -0.1) is 11.3 Å². The van der Waals surface area contributed by atoms with Crippen LogP contribution in [0.3, 0.4) is 0 Å². The van der Waals surface area contributed by atoms with Crippen molar-refractivity contribution in [3.05, 3.63) is 32.1 Å². The summed E-state index contributed by atoms with van der Waals surface area (Å²) in [5.41, 5.74) is 0.907. The van der Waals surface area contributed by atoms with Crippen LogP contribution in [0.15, 0.2) is 22.3 Å². The van der Waals surface area contributed by atoms with E-state index in [1.54, 1.807) is 15.9 Å². The number of carboxylic acid groups (broad SMARTS) is 1. The number of thiazole rings is 1. The number of carboxylic acids is 1. The SMILES string of the molecule is CCc1ccc(-c2csc(=O)n2CCCC(=O)O)s1. The van der Waals surface area contributed by atoms with Crippen molar-refractivity contribution in [3.8, 4) is 10.6 Å². The van der Waals surface area contributed by atoms with Gasteiger partial charge in [0.1, 0.15) is 0 Å². The maximum absolute atomic E-state index is 11.8. The van der Waals surface area contributed by atoms with E-state index in [2.05, 4.69) is 13.0 Å². The molecular weight excluding hydrogens is 282 g/mol. The standard InChI is InChI=1S/C13H15NO3S2/c1-2-9-5-6-11(19-9)10-8-18-13(17)14(10)7-3-4-12(15)16/h5-6,8H,2-4,7H2,1H3,(H,15,16). The molecule has 0 radical (unpaired) electrons. The lowest BCUT2D eigenvalue weighted by molar-refractivity contribution is -0.137. The smallest absolute Gasteiger partial charge is 0.307 e. The van der Waals surface area contributed by atoms with Gasteiger partial charge in [-0.2, -0.15) is 0 Å². The van der Waals surface area contributed by atoms with Gasteiger partial charge in [0.05, 0.1) is 10.6 Å². The van der Waals surface area contributed by atoms with E-state index < -0.39 is 5.97 Å². The molecule has 0 spiro atoms. The summed E-state index contributed by atoms with van der Waals surface area (Å²) < 4.78 is 1.68. The highest BCUT2D eigenvalue weighted by Gasteiger charge is 2.11. The highest BCUT2D eigenvalue weighted by molar-refractivity contribution is 7.16. The van der Waals surface area contributed by atoms with Gasteiger partial charge in [-0.3, -0.25) is 14.2 Å². The van der Waals surface area contributed by atoms with E-state index in [4.69, 9.17) is 5.11 Å². The molecule has 2 heterocycles. The van der Waals surface area contributed by atoms with Crippen LogP contribution in [-0.4, -0.2) is 15.6 Å². The second-order valence-electron chi connectivity index (χ2n) is 4.16. The third-order valence-corrected chi connectivity index (χ3v) is 4.83. The Balaban J connectivity index is 2.21. The van der Waals surface area contributed by atoms with Gasteiger partial charge in [-0.25, -0.2) is 0 Å². The summed E-state index contributed by atoms with van der Waals surface area (Å²) in [7, 11) is 0. The monoisotopic (exact) mass is 297 g/mol. The Hall–Kier alpha value is -1.40. The van der Waals surface area contributed by atoms with Crippen LogP contribution >= 0.6 is 22.7 Å². The lowest BCUT2D eigenvalue weighted by Gasteiger charge is -2.04. The summed E-state index contributed by atoms with van der Waals surface area (Å²) in [4.78, 5) is 24.7. The Morgan fingerprint density at radius 2 is 2.21 bits per heavy atom. The van der Waals surface area contributed by atoms with Gasteiger partial charge in [-0.05, 0) is 25.0 Å². The predicted octanol–water partition coefficient (Wildman–Crippen LogP) is 3.07. The molecular formula is C13H15NO3S2. The minimum Gasteiger partial charge on any atom is -0.481 e. The van der Waals surface area contributed by atoms with Gasteiger partial charge in [-0.1, -0.05) is 18.3 Å². The summed E-state index contributed by atoms with van der Waals surface area (Å²) in [6, 6.07) is 4.10. The Morgan fingerprint density at radius 1 is 1.42 bits per heavy atom.